The molecule has 0 aliphatic carbocycles. The molecule has 0 radical (unpaired) electrons. The first kappa shape index (κ1) is 13.7. The highest BCUT2D eigenvalue weighted by atomic mass is 35.5. The SMILES string of the molecule is CSc1ccc(Cl)c(C(=O)NCC2CCNC2)c1. The van der Waals surface area contributed by atoms with E-state index in [2.05, 4.69) is 10.6 Å². The van der Waals surface area contributed by atoms with Gasteiger partial charge in [0, 0.05) is 11.4 Å². The molecule has 1 heterocycles. The predicted molar refractivity (Wildman–Crippen MR) is 76.5 cm³/mol. The summed E-state index contributed by atoms with van der Waals surface area (Å²) in [4.78, 5) is 13.1. The number of benzene rings is 1. The summed E-state index contributed by atoms with van der Waals surface area (Å²) in [6, 6.07) is 5.54. The van der Waals surface area contributed by atoms with Crippen LogP contribution in [-0.4, -0.2) is 31.8 Å². The Kier molecular flexibility index (Phi) is 4.92. The lowest BCUT2D eigenvalue weighted by Crippen LogP contribution is -2.30. The molecule has 0 aromatic heterocycles. The van der Waals surface area contributed by atoms with Crippen molar-refractivity contribution in [3.63, 3.8) is 0 Å². The summed E-state index contributed by atoms with van der Waals surface area (Å²) < 4.78 is 0. The Bertz CT molecular complexity index is 433. The third kappa shape index (κ3) is 3.40. The summed E-state index contributed by atoms with van der Waals surface area (Å²) in [6.07, 6.45) is 3.11. The lowest BCUT2D eigenvalue weighted by Gasteiger charge is -2.11. The van der Waals surface area contributed by atoms with Gasteiger partial charge in [0.25, 0.3) is 5.91 Å². The Balaban J connectivity index is 1.98. The molecule has 2 rings (SSSR count). The van der Waals surface area contributed by atoms with Gasteiger partial charge >= 0.3 is 0 Å². The summed E-state index contributed by atoms with van der Waals surface area (Å²) in [5.41, 5.74) is 0.564. The number of amides is 1. The van der Waals surface area contributed by atoms with Crippen LogP contribution in [0.3, 0.4) is 0 Å². The molecule has 1 amide bonds. The minimum absolute atomic E-state index is 0.0807. The highest BCUT2D eigenvalue weighted by Gasteiger charge is 2.17. The number of nitrogens with one attached hydrogen (secondary N) is 2. The Morgan fingerprint density at radius 3 is 3.11 bits per heavy atom. The summed E-state index contributed by atoms with van der Waals surface area (Å²) in [7, 11) is 0. The second-order valence-electron chi connectivity index (χ2n) is 4.41. The van der Waals surface area contributed by atoms with Crippen molar-refractivity contribution in [2.45, 2.75) is 11.3 Å². The Morgan fingerprint density at radius 1 is 1.61 bits per heavy atom. The van der Waals surface area contributed by atoms with E-state index in [-0.39, 0.29) is 5.91 Å². The quantitative estimate of drug-likeness (QED) is 0.834. The van der Waals surface area contributed by atoms with Crippen molar-refractivity contribution in [1.29, 1.82) is 0 Å². The van der Waals surface area contributed by atoms with Crippen LogP contribution in [0.2, 0.25) is 5.02 Å². The van der Waals surface area contributed by atoms with Gasteiger partial charge in [-0.25, -0.2) is 0 Å². The number of hydrogen-bond donors (Lipinski definition) is 2. The second-order valence-corrected chi connectivity index (χ2v) is 5.70. The molecule has 1 aromatic carbocycles. The number of thioether (sulfide) groups is 1. The fourth-order valence-electron chi connectivity index (χ4n) is 2.03. The minimum Gasteiger partial charge on any atom is -0.352 e. The van der Waals surface area contributed by atoms with Crippen LogP contribution in [-0.2, 0) is 0 Å². The van der Waals surface area contributed by atoms with Crippen LogP contribution in [0.5, 0.6) is 0 Å². The van der Waals surface area contributed by atoms with Gasteiger partial charge in [-0.1, -0.05) is 11.6 Å². The van der Waals surface area contributed by atoms with E-state index in [0.29, 0.717) is 23.0 Å². The standard InChI is InChI=1S/C13H17ClN2OS/c1-18-10-2-3-12(14)11(6-10)13(17)16-8-9-4-5-15-7-9/h2-3,6,9,15H,4-5,7-8H2,1H3,(H,16,17). The largest absolute Gasteiger partial charge is 0.352 e. The number of carbonyl (C=O) groups is 1. The van der Waals surface area contributed by atoms with E-state index in [1.165, 1.54) is 0 Å². The van der Waals surface area contributed by atoms with E-state index in [4.69, 9.17) is 11.6 Å². The molecule has 1 unspecified atom stereocenters. The summed E-state index contributed by atoms with van der Waals surface area (Å²) in [5, 5.41) is 6.75. The van der Waals surface area contributed by atoms with E-state index in [9.17, 15) is 4.79 Å². The van der Waals surface area contributed by atoms with Crippen LogP contribution in [0, 0.1) is 5.92 Å². The second kappa shape index (κ2) is 6.45. The summed E-state index contributed by atoms with van der Waals surface area (Å²) in [5.74, 6) is 0.458. The number of carbonyl (C=O) groups excluding carboxylic acids is 1. The lowest BCUT2D eigenvalue weighted by molar-refractivity contribution is 0.0948. The van der Waals surface area contributed by atoms with Crippen LogP contribution < -0.4 is 10.6 Å². The van der Waals surface area contributed by atoms with E-state index in [1.807, 2.05) is 18.4 Å². The highest BCUT2D eigenvalue weighted by molar-refractivity contribution is 7.98. The monoisotopic (exact) mass is 284 g/mol. The van der Waals surface area contributed by atoms with Crippen molar-refractivity contribution in [1.82, 2.24) is 10.6 Å². The molecule has 1 aliphatic heterocycles. The number of rotatable bonds is 4. The molecular weight excluding hydrogens is 268 g/mol. The molecule has 1 aliphatic rings. The van der Waals surface area contributed by atoms with Gasteiger partial charge in [0.1, 0.15) is 0 Å². The molecule has 0 bridgehead atoms. The van der Waals surface area contributed by atoms with Gasteiger partial charge in [-0.2, -0.15) is 0 Å². The third-order valence-corrected chi connectivity index (χ3v) is 4.19. The first-order valence-corrected chi connectivity index (χ1v) is 7.63. The van der Waals surface area contributed by atoms with E-state index in [0.717, 1.165) is 24.4 Å². The zero-order chi connectivity index (χ0) is 13.0. The highest BCUT2D eigenvalue weighted by Crippen LogP contribution is 2.23. The Labute approximate surface area is 117 Å². The van der Waals surface area contributed by atoms with Gasteiger partial charge in [-0.15, -0.1) is 11.8 Å². The molecule has 1 saturated heterocycles. The van der Waals surface area contributed by atoms with Crippen molar-refractivity contribution >= 4 is 29.3 Å². The zero-order valence-corrected chi connectivity index (χ0v) is 11.9. The molecule has 0 spiro atoms. The maximum atomic E-state index is 12.1. The van der Waals surface area contributed by atoms with Crippen LogP contribution in [0.15, 0.2) is 23.1 Å². The third-order valence-electron chi connectivity index (χ3n) is 3.13. The van der Waals surface area contributed by atoms with Crippen molar-refractivity contribution in [3.05, 3.63) is 28.8 Å². The smallest absolute Gasteiger partial charge is 0.252 e. The van der Waals surface area contributed by atoms with E-state index >= 15 is 0 Å². The van der Waals surface area contributed by atoms with E-state index in [1.54, 1.807) is 17.8 Å². The number of halogens is 1. The molecular formula is C13H17ClN2OS. The molecule has 1 atom stereocenters. The van der Waals surface area contributed by atoms with Crippen LogP contribution in [0.4, 0.5) is 0 Å². The van der Waals surface area contributed by atoms with Crippen LogP contribution in [0.1, 0.15) is 16.8 Å². The first-order valence-electron chi connectivity index (χ1n) is 6.03. The fraction of sp³-hybridized carbons (Fsp3) is 0.462. The lowest BCUT2D eigenvalue weighted by atomic mass is 10.1. The molecule has 98 valence electrons. The summed E-state index contributed by atoms with van der Waals surface area (Å²) >= 11 is 7.66. The molecule has 2 N–H and O–H groups in total. The normalized spacial score (nSPS) is 18.9. The van der Waals surface area contributed by atoms with Crippen LogP contribution >= 0.6 is 23.4 Å². The van der Waals surface area contributed by atoms with E-state index < -0.39 is 0 Å². The van der Waals surface area contributed by atoms with Gasteiger partial charge in [0.05, 0.1) is 10.6 Å². The maximum Gasteiger partial charge on any atom is 0.252 e. The Morgan fingerprint density at radius 2 is 2.44 bits per heavy atom. The molecule has 3 nitrogen and oxygen atoms in total. The van der Waals surface area contributed by atoms with Crippen molar-refractivity contribution in [2.75, 3.05) is 25.9 Å². The molecule has 0 saturated carbocycles. The Hall–Kier alpha value is -0.710. The average molecular weight is 285 g/mol. The summed E-state index contributed by atoms with van der Waals surface area (Å²) in [6.45, 7) is 2.74. The van der Waals surface area contributed by atoms with Gasteiger partial charge < -0.3 is 10.6 Å². The first-order chi connectivity index (χ1) is 8.70. The number of hydrogen-bond acceptors (Lipinski definition) is 3. The van der Waals surface area contributed by atoms with Gasteiger partial charge in [-0.3, -0.25) is 4.79 Å². The molecule has 18 heavy (non-hydrogen) atoms. The van der Waals surface area contributed by atoms with Crippen molar-refractivity contribution in [2.24, 2.45) is 5.92 Å². The molecule has 1 aromatic rings. The van der Waals surface area contributed by atoms with Gasteiger partial charge in [-0.05, 0) is 49.9 Å². The van der Waals surface area contributed by atoms with Crippen LogP contribution in [0.25, 0.3) is 0 Å². The van der Waals surface area contributed by atoms with Gasteiger partial charge in [0.15, 0.2) is 0 Å². The predicted octanol–water partition coefficient (Wildman–Crippen LogP) is 2.40. The fourth-order valence-corrected chi connectivity index (χ4v) is 2.67. The minimum atomic E-state index is -0.0807. The maximum absolute atomic E-state index is 12.1. The van der Waals surface area contributed by atoms with Gasteiger partial charge in [0.2, 0.25) is 0 Å². The molecule has 5 heteroatoms. The van der Waals surface area contributed by atoms with Crippen molar-refractivity contribution < 1.29 is 4.79 Å². The average Bonchev–Trinajstić information content (AvgIpc) is 2.89. The van der Waals surface area contributed by atoms with Crippen molar-refractivity contribution in [3.8, 4) is 0 Å². The molecule has 1 fully saturated rings. The topological polar surface area (TPSA) is 41.1 Å². The zero-order valence-electron chi connectivity index (χ0n) is 10.3.